The third-order valence-electron chi connectivity index (χ3n) is 6.44. The topological polar surface area (TPSA) is 82.1 Å². The molecule has 0 spiro atoms. The van der Waals surface area contributed by atoms with Crippen molar-refractivity contribution in [2.24, 2.45) is 5.92 Å². The van der Waals surface area contributed by atoms with E-state index in [2.05, 4.69) is 15.1 Å². The maximum Gasteiger partial charge on any atom is 0.335 e. The summed E-state index contributed by atoms with van der Waals surface area (Å²) < 4.78 is 5.43. The number of ether oxygens (including phenoxy) is 1. The minimum atomic E-state index is -1.01. The van der Waals surface area contributed by atoms with Crippen LogP contribution >= 0.6 is 0 Å². The van der Waals surface area contributed by atoms with Crippen molar-refractivity contribution in [3.63, 3.8) is 0 Å². The summed E-state index contributed by atoms with van der Waals surface area (Å²) in [6, 6.07) is 14.0. The molecule has 2 aromatic rings. The maximum atomic E-state index is 12.7. The second-order valence-corrected chi connectivity index (χ2v) is 8.53. The van der Waals surface area contributed by atoms with E-state index in [1.165, 1.54) is 6.42 Å². The standard InChI is InChI=1S/C25H31N3O4/c29-24(20-4-2-1-3-5-20)26-22-18-21(25(30)31)6-7-23(22)28-12-9-19(10-13-28)8-11-27-14-16-32-17-15-27/h1-7,18-19H,8-17H2,(H,26,29)(H,30,31). The zero-order chi connectivity index (χ0) is 22.3. The molecule has 2 aromatic carbocycles. The fourth-order valence-electron chi connectivity index (χ4n) is 4.48. The largest absolute Gasteiger partial charge is 0.478 e. The summed E-state index contributed by atoms with van der Waals surface area (Å²) in [7, 11) is 0. The smallest absolute Gasteiger partial charge is 0.335 e. The first kappa shape index (κ1) is 22.3. The van der Waals surface area contributed by atoms with Gasteiger partial charge in [0.2, 0.25) is 0 Å². The van der Waals surface area contributed by atoms with Crippen LogP contribution in [0, 0.1) is 5.92 Å². The van der Waals surface area contributed by atoms with E-state index in [9.17, 15) is 14.7 Å². The molecule has 4 rings (SSSR count). The van der Waals surface area contributed by atoms with Crippen LogP contribution in [0.25, 0.3) is 0 Å². The Balaban J connectivity index is 1.41. The van der Waals surface area contributed by atoms with E-state index >= 15 is 0 Å². The number of amides is 1. The van der Waals surface area contributed by atoms with Gasteiger partial charge in [-0.05, 0) is 62.1 Å². The number of hydrogen-bond acceptors (Lipinski definition) is 5. The second kappa shape index (κ2) is 10.6. The van der Waals surface area contributed by atoms with E-state index in [1.807, 2.05) is 24.3 Å². The van der Waals surface area contributed by atoms with Crippen LogP contribution in [0.2, 0.25) is 0 Å². The van der Waals surface area contributed by atoms with Gasteiger partial charge in [0, 0.05) is 31.7 Å². The Kier molecular flexibility index (Phi) is 7.39. The van der Waals surface area contributed by atoms with Gasteiger partial charge in [-0.2, -0.15) is 0 Å². The fraction of sp³-hybridized carbons (Fsp3) is 0.440. The number of piperidine rings is 1. The lowest BCUT2D eigenvalue weighted by Crippen LogP contribution is -2.39. The summed E-state index contributed by atoms with van der Waals surface area (Å²) in [6.07, 6.45) is 3.39. The molecule has 32 heavy (non-hydrogen) atoms. The first-order valence-corrected chi connectivity index (χ1v) is 11.4. The predicted octanol–water partition coefficient (Wildman–Crippen LogP) is 3.58. The van der Waals surface area contributed by atoms with Crippen molar-refractivity contribution in [3.05, 3.63) is 59.7 Å². The monoisotopic (exact) mass is 437 g/mol. The number of benzene rings is 2. The summed E-state index contributed by atoms with van der Waals surface area (Å²) in [5, 5.41) is 12.4. The van der Waals surface area contributed by atoms with Gasteiger partial charge in [0.15, 0.2) is 0 Å². The molecule has 2 saturated heterocycles. The van der Waals surface area contributed by atoms with Crippen molar-refractivity contribution in [1.82, 2.24) is 4.90 Å². The first-order chi connectivity index (χ1) is 15.6. The van der Waals surface area contributed by atoms with Crippen LogP contribution in [0.15, 0.2) is 48.5 Å². The van der Waals surface area contributed by atoms with Gasteiger partial charge >= 0.3 is 5.97 Å². The number of nitrogens with one attached hydrogen (secondary N) is 1. The molecular formula is C25H31N3O4. The summed E-state index contributed by atoms with van der Waals surface area (Å²) >= 11 is 0. The SMILES string of the molecule is O=C(O)c1ccc(N2CCC(CCN3CCOCC3)CC2)c(NC(=O)c2ccccc2)c1. The molecule has 2 fully saturated rings. The Morgan fingerprint density at radius 1 is 0.969 bits per heavy atom. The van der Waals surface area contributed by atoms with Crippen molar-refractivity contribution in [1.29, 1.82) is 0 Å². The summed E-state index contributed by atoms with van der Waals surface area (Å²) in [4.78, 5) is 29.0. The lowest BCUT2D eigenvalue weighted by molar-refractivity contribution is 0.0349. The number of carboxylic acids is 1. The highest BCUT2D eigenvalue weighted by Gasteiger charge is 2.23. The quantitative estimate of drug-likeness (QED) is 0.689. The van der Waals surface area contributed by atoms with Crippen molar-refractivity contribution >= 4 is 23.3 Å². The number of carboxylic acid groups (broad SMARTS) is 1. The van der Waals surface area contributed by atoms with Crippen LogP contribution in [0.3, 0.4) is 0 Å². The number of rotatable bonds is 7. The van der Waals surface area contributed by atoms with Crippen molar-refractivity contribution in [2.75, 3.05) is 56.2 Å². The molecule has 0 aliphatic carbocycles. The van der Waals surface area contributed by atoms with E-state index in [-0.39, 0.29) is 11.5 Å². The number of carbonyl (C=O) groups excluding carboxylic acids is 1. The van der Waals surface area contributed by atoms with Crippen LogP contribution in [0.5, 0.6) is 0 Å². The predicted molar refractivity (Wildman–Crippen MR) is 125 cm³/mol. The molecule has 0 bridgehead atoms. The van der Waals surface area contributed by atoms with Gasteiger partial charge in [0.25, 0.3) is 5.91 Å². The van der Waals surface area contributed by atoms with E-state index in [1.54, 1.807) is 24.3 Å². The molecular weight excluding hydrogens is 406 g/mol. The minimum absolute atomic E-state index is 0.164. The lowest BCUT2D eigenvalue weighted by atomic mass is 9.92. The molecule has 7 heteroatoms. The van der Waals surface area contributed by atoms with E-state index in [0.29, 0.717) is 17.2 Å². The molecule has 0 radical (unpaired) electrons. The van der Waals surface area contributed by atoms with Gasteiger partial charge in [0.05, 0.1) is 30.2 Å². The van der Waals surface area contributed by atoms with Crippen LogP contribution in [0.4, 0.5) is 11.4 Å². The highest BCUT2D eigenvalue weighted by Crippen LogP contribution is 2.32. The molecule has 170 valence electrons. The van der Waals surface area contributed by atoms with E-state index < -0.39 is 5.97 Å². The summed E-state index contributed by atoms with van der Waals surface area (Å²) in [5.41, 5.74) is 2.13. The highest BCUT2D eigenvalue weighted by molar-refractivity contribution is 6.06. The number of hydrogen-bond donors (Lipinski definition) is 2. The number of nitrogens with zero attached hydrogens (tertiary/aromatic N) is 2. The van der Waals surface area contributed by atoms with Crippen LogP contribution in [-0.2, 0) is 4.74 Å². The molecule has 2 N–H and O–H groups in total. The highest BCUT2D eigenvalue weighted by atomic mass is 16.5. The fourth-order valence-corrected chi connectivity index (χ4v) is 4.48. The van der Waals surface area contributed by atoms with Gasteiger partial charge in [0.1, 0.15) is 0 Å². The molecule has 2 aliphatic rings. The molecule has 0 saturated carbocycles. The number of carbonyl (C=O) groups is 2. The average molecular weight is 438 g/mol. The van der Waals surface area contributed by atoms with Crippen LogP contribution in [0.1, 0.15) is 40.0 Å². The Labute approximate surface area is 189 Å². The Morgan fingerprint density at radius 2 is 1.69 bits per heavy atom. The number of morpholine rings is 1. The van der Waals surface area contributed by atoms with Gasteiger partial charge in [-0.15, -0.1) is 0 Å². The Hall–Kier alpha value is -2.90. The van der Waals surface area contributed by atoms with Gasteiger partial charge < -0.3 is 20.1 Å². The second-order valence-electron chi connectivity index (χ2n) is 8.53. The van der Waals surface area contributed by atoms with Crippen LogP contribution < -0.4 is 10.2 Å². The Morgan fingerprint density at radius 3 is 2.38 bits per heavy atom. The maximum absolute atomic E-state index is 12.7. The zero-order valence-corrected chi connectivity index (χ0v) is 18.3. The third kappa shape index (κ3) is 5.66. The number of aromatic carboxylic acids is 1. The van der Waals surface area contributed by atoms with Crippen molar-refractivity contribution in [2.45, 2.75) is 19.3 Å². The molecule has 2 aliphatic heterocycles. The third-order valence-corrected chi connectivity index (χ3v) is 6.44. The summed E-state index contributed by atoms with van der Waals surface area (Å²) in [6.45, 7) is 6.64. The lowest BCUT2D eigenvalue weighted by Gasteiger charge is -2.36. The van der Waals surface area contributed by atoms with Gasteiger partial charge in [-0.3, -0.25) is 9.69 Å². The molecule has 0 unspecified atom stereocenters. The van der Waals surface area contributed by atoms with E-state index in [0.717, 1.165) is 64.5 Å². The minimum Gasteiger partial charge on any atom is -0.478 e. The van der Waals surface area contributed by atoms with Crippen molar-refractivity contribution < 1.29 is 19.4 Å². The zero-order valence-electron chi connectivity index (χ0n) is 18.3. The number of anilines is 2. The molecule has 7 nitrogen and oxygen atoms in total. The molecule has 0 atom stereocenters. The molecule has 1 amide bonds. The first-order valence-electron chi connectivity index (χ1n) is 11.4. The average Bonchev–Trinajstić information content (AvgIpc) is 2.84. The van der Waals surface area contributed by atoms with Gasteiger partial charge in [-0.1, -0.05) is 18.2 Å². The van der Waals surface area contributed by atoms with Crippen LogP contribution in [-0.4, -0.2) is 67.8 Å². The summed E-state index contributed by atoms with van der Waals surface area (Å²) in [5.74, 6) is -0.557. The molecule has 2 heterocycles. The van der Waals surface area contributed by atoms with E-state index in [4.69, 9.17) is 4.74 Å². The normalized spacial score (nSPS) is 17.8. The Bertz CT molecular complexity index is 920. The molecule has 0 aromatic heterocycles. The van der Waals surface area contributed by atoms with Gasteiger partial charge in [-0.25, -0.2) is 4.79 Å². The van der Waals surface area contributed by atoms with Crippen molar-refractivity contribution in [3.8, 4) is 0 Å².